The van der Waals surface area contributed by atoms with Gasteiger partial charge in [0.15, 0.2) is 11.5 Å². The third-order valence-corrected chi connectivity index (χ3v) is 4.52. The molecule has 1 unspecified atom stereocenters. The summed E-state index contributed by atoms with van der Waals surface area (Å²) in [7, 11) is 0. The predicted octanol–water partition coefficient (Wildman–Crippen LogP) is 4.82. The van der Waals surface area contributed by atoms with Crippen molar-refractivity contribution in [1.82, 2.24) is 0 Å². The molecule has 2 aromatic rings. The molecule has 0 saturated heterocycles. The minimum Gasteiger partial charge on any atom is -0.454 e. The van der Waals surface area contributed by atoms with Crippen molar-refractivity contribution in [3.05, 3.63) is 51.5 Å². The van der Waals surface area contributed by atoms with Crippen molar-refractivity contribution in [2.75, 3.05) is 12.1 Å². The Labute approximate surface area is 132 Å². The topological polar surface area (TPSA) is 30.5 Å². The van der Waals surface area contributed by atoms with Gasteiger partial charge in [-0.2, -0.15) is 0 Å². The fourth-order valence-electron chi connectivity index (χ4n) is 2.95. The van der Waals surface area contributed by atoms with E-state index in [-0.39, 0.29) is 12.8 Å². The summed E-state index contributed by atoms with van der Waals surface area (Å²) in [6, 6.07) is 10.0. The summed E-state index contributed by atoms with van der Waals surface area (Å²) in [6.45, 7) is 0.250. The lowest BCUT2D eigenvalue weighted by Gasteiger charge is -2.17. The molecule has 0 aromatic heterocycles. The Morgan fingerprint density at radius 3 is 2.71 bits per heavy atom. The van der Waals surface area contributed by atoms with Gasteiger partial charge in [-0.25, -0.2) is 0 Å². The molecule has 5 heteroatoms. The highest BCUT2D eigenvalue weighted by Gasteiger charge is 2.24. The highest BCUT2D eigenvalue weighted by Crippen LogP contribution is 2.42. The van der Waals surface area contributed by atoms with Crippen molar-refractivity contribution in [2.45, 2.75) is 18.9 Å². The number of hydrogen-bond acceptors (Lipinski definition) is 3. The molecule has 21 heavy (non-hydrogen) atoms. The second-order valence-electron chi connectivity index (χ2n) is 5.26. The van der Waals surface area contributed by atoms with E-state index in [0.717, 1.165) is 29.3 Å². The van der Waals surface area contributed by atoms with Crippen molar-refractivity contribution in [3.8, 4) is 11.5 Å². The van der Waals surface area contributed by atoms with Gasteiger partial charge in [-0.3, -0.25) is 0 Å². The van der Waals surface area contributed by atoms with Gasteiger partial charge in [-0.1, -0.05) is 29.3 Å². The largest absolute Gasteiger partial charge is 0.454 e. The van der Waals surface area contributed by atoms with E-state index in [2.05, 4.69) is 11.4 Å². The van der Waals surface area contributed by atoms with Crippen LogP contribution in [0.15, 0.2) is 30.3 Å². The van der Waals surface area contributed by atoms with E-state index in [9.17, 15) is 0 Å². The van der Waals surface area contributed by atoms with E-state index < -0.39 is 0 Å². The van der Waals surface area contributed by atoms with E-state index in [1.807, 2.05) is 18.2 Å². The predicted molar refractivity (Wildman–Crippen MR) is 83.7 cm³/mol. The van der Waals surface area contributed by atoms with Gasteiger partial charge in [0.05, 0.1) is 16.8 Å². The molecule has 0 fully saturated rings. The molecule has 0 bridgehead atoms. The zero-order valence-corrected chi connectivity index (χ0v) is 12.7. The number of nitrogens with one attached hydrogen (secondary N) is 1. The monoisotopic (exact) mass is 321 g/mol. The molecule has 0 radical (unpaired) electrons. The highest BCUT2D eigenvalue weighted by atomic mass is 35.5. The fraction of sp³-hybridized carbons (Fsp3) is 0.250. The molecule has 1 aliphatic carbocycles. The summed E-state index contributed by atoms with van der Waals surface area (Å²) in [5.41, 5.74) is 3.46. The summed E-state index contributed by atoms with van der Waals surface area (Å²) in [6.07, 6.45) is 2.05. The number of fused-ring (bicyclic) bond motifs is 2. The second kappa shape index (κ2) is 5.00. The highest BCUT2D eigenvalue weighted by molar-refractivity contribution is 6.33. The number of ether oxygens (including phenoxy) is 2. The smallest absolute Gasteiger partial charge is 0.231 e. The Morgan fingerprint density at radius 2 is 1.86 bits per heavy atom. The first-order chi connectivity index (χ1) is 10.2. The van der Waals surface area contributed by atoms with Crippen molar-refractivity contribution in [2.24, 2.45) is 0 Å². The zero-order chi connectivity index (χ0) is 14.4. The van der Waals surface area contributed by atoms with Gasteiger partial charge in [0.1, 0.15) is 0 Å². The number of hydrogen-bond donors (Lipinski definition) is 1. The maximum Gasteiger partial charge on any atom is 0.231 e. The third-order valence-electron chi connectivity index (χ3n) is 3.97. The molecule has 108 valence electrons. The summed E-state index contributed by atoms with van der Waals surface area (Å²) >= 11 is 12.4. The first-order valence-corrected chi connectivity index (χ1v) is 7.60. The molecular formula is C16H13Cl2NO2. The molecule has 0 spiro atoms. The van der Waals surface area contributed by atoms with Crippen LogP contribution in [0.25, 0.3) is 0 Å². The number of rotatable bonds is 2. The van der Waals surface area contributed by atoms with Gasteiger partial charge in [-0.05, 0) is 36.1 Å². The lowest BCUT2D eigenvalue weighted by molar-refractivity contribution is 0.174. The normalized spacial score (nSPS) is 18.7. The number of halogens is 2. The maximum absolute atomic E-state index is 6.32. The molecule has 3 nitrogen and oxygen atoms in total. The minimum absolute atomic E-state index is 0.245. The number of aryl methyl sites for hydroxylation is 1. The fourth-order valence-corrected chi connectivity index (χ4v) is 3.35. The lowest BCUT2D eigenvalue weighted by atomic mass is 10.1. The Kier molecular flexibility index (Phi) is 3.12. The van der Waals surface area contributed by atoms with Crippen LogP contribution in [0, 0.1) is 0 Å². The minimum atomic E-state index is 0.245. The average Bonchev–Trinajstić information content (AvgIpc) is 3.06. The summed E-state index contributed by atoms with van der Waals surface area (Å²) in [4.78, 5) is 0. The summed E-state index contributed by atoms with van der Waals surface area (Å²) < 4.78 is 10.7. The van der Waals surface area contributed by atoms with Crippen LogP contribution in [0.2, 0.25) is 10.0 Å². The second-order valence-corrected chi connectivity index (χ2v) is 6.11. The number of benzene rings is 2. The van der Waals surface area contributed by atoms with Crippen molar-refractivity contribution >= 4 is 28.9 Å². The van der Waals surface area contributed by atoms with E-state index in [4.69, 9.17) is 32.7 Å². The zero-order valence-electron chi connectivity index (χ0n) is 11.2. The van der Waals surface area contributed by atoms with E-state index >= 15 is 0 Å². The molecule has 2 aliphatic rings. The van der Waals surface area contributed by atoms with Crippen molar-refractivity contribution < 1.29 is 9.47 Å². The van der Waals surface area contributed by atoms with Gasteiger partial charge in [0.2, 0.25) is 6.79 Å². The SMILES string of the molecule is Clc1ccc2c(c1)CCC2Nc1cc2c(cc1Cl)OCO2. The van der Waals surface area contributed by atoms with Crippen LogP contribution < -0.4 is 14.8 Å². The molecule has 4 rings (SSSR count). The van der Waals surface area contributed by atoms with Crippen LogP contribution in [0.4, 0.5) is 5.69 Å². The van der Waals surface area contributed by atoms with Gasteiger partial charge in [-0.15, -0.1) is 0 Å². The van der Waals surface area contributed by atoms with E-state index in [0.29, 0.717) is 10.8 Å². The molecule has 1 atom stereocenters. The van der Waals surface area contributed by atoms with Crippen LogP contribution >= 0.6 is 23.2 Å². The lowest BCUT2D eigenvalue weighted by Crippen LogP contribution is -2.07. The van der Waals surface area contributed by atoms with Crippen LogP contribution in [0.5, 0.6) is 11.5 Å². The Bertz CT molecular complexity index is 718. The van der Waals surface area contributed by atoms with Gasteiger partial charge >= 0.3 is 0 Å². The van der Waals surface area contributed by atoms with Crippen LogP contribution in [-0.2, 0) is 6.42 Å². The van der Waals surface area contributed by atoms with Gasteiger partial charge < -0.3 is 14.8 Å². The quantitative estimate of drug-likeness (QED) is 0.860. The summed E-state index contributed by atoms with van der Waals surface area (Å²) in [5.74, 6) is 1.43. The Balaban J connectivity index is 1.64. The first-order valence-electron chi connectivity index (χ1n) is 6.85. The Morgan fingerprint density at radius 1 is 1.05 bits per heavy atom. The summed E-state index contributed by atoms with van der Waals surface area (Å²) in [5, 5.41) is 4.93. The molecule has 1 heterocycles. The van der Waals surface area contributed by atoms with Crippen LogP contribution in [-0.4, -0.2) is 6.79 Å². The molecule has 0 saturated carbocycles. The molecule has 0 amide bonds. The maximum atomic E-state index is 6.32. The van der Waals surface area contributed by atoms with Crippen LogP contribution in [0.1, 0.15) is 23.6 Å². The van der Waals surface area contributed by atoms with E-state index in [1.165, 1.54) is 11.1 Å². The standard InChI is InChI=1S/C16H13Cl2NO2/c17-10-2-3-11-9(5-10)1-4-13(11)19-14-7-16-15(6-12(14)18)20-8-21-16/h2-3,5-7,13,19H,1,4,8H2. The molecule has 1 N–H and O–H groups in total. The molecule has 2 aromatic carbocycles. The Hall–Kier alpha value is -1.58. The molecular weight excluding hydrogens is 309 g/mol. The van der Waals surface area contributed by atoms with Gasteiger partial charge in [0, 0.05) is 17.2 Å². The van der Waals surface area contributed by atoms with Gasteiger partial charge in [0.25, 0.3) is 0 Å². The third kappa shape index (κ3) is 2.30. The van der Waals surface area contributed by atoms with E-state index in [1.54, 1.807) is 6.07 Å². The average molecular weight is 322 g/mol. The van der Waals surface area contributed by atoms with Crippen molar-refractivity contribution in [3.63, 3.8) is 0 Å². The van der Waals surface area contributed by atoms with Crippen LogP contribution in [0.3, 0.4) is 0 Å². The first kappa shape index (κ1) is 13.1. The van der Waals surface area contributed by atoms with Crippen molar-refractivity contribution in [1.29, 1.82) is 0 Å². The molecule has 1 aliphatic heterocycles. The number of anilines is 1.